The van der Waals surface area contributed by atoms with Gasteiger partial charge < -0.3 is 5.32 Å². The van der Waals surface area contributed by atoms with Gasteiger partial charge in [0.05, 0.1) is 0 Å². The van der Waals surface area contributed by atoms with Crippen molar-refractivity contribution in [1.82, 2.24) is 16.2 Å². The smallest absolute Gasteiger partial charge is 0.262 e. The van der Waals surface area contributed by atoms with E-state index in [4.69, 9.17) is 23.8 Å². The molecule has 1 amide bonds. The van der Waals surface area contributed by atoms with Crippen molar-refractivity contribution in [3.63, 3.8) is 0 Å². The Hall–Kier alpha value is -1.59. The lowest BCUT2D eigenvalue weighted by molar-refractivity contribution is -0.116. The summed E-state index contributed by atoms with van der Waals surface area (Å²) >= 11 is 11.1. The monoisotopic (exact) mass is 323 g/mol. The molecule has 0 aromatic heterocycles. The van der Waals surface area contributed by atoms with E-state index in [2.05, 4.69) is 16.2 Å². The van der Waals surface area contributed by atoms with Crippen molar-refractivity contribution in [3.05, 3.63) is 40.9 Å². The standard InChI is InChI=1S/C15H18ClN3OS/c16-13-8-4-1-5-11(13)9-10-14(20)18-19-15(21)17-12-6-2-3-7-12/h1,4-5,8-10,12H,2-3,6-7H2,(H,18,20)(H2,17,19,21)/b10-9+. The van der Waals surface area contributed by atoms with E-state index in [1.807, 2.05) is 18.2 Å². The van der Waals surface area contributed by atoms with E-state index in [9.17, 15) is 4.79 Å². The van der Waals surface area contributed by atoms with Crippen LogP contribution in [0.5, 0.6) is 0 Å². The summed E-state index contributed by atoms with van der Waals surface area (Å²) in [6.07, 6.45) is 7.78. The lowest BCUT2D eigenvalue weighted by atomic mass is 10.2. The Labute approximate surface area is 134 Å². The maximum Gasteiger partial charge on any atom is 0.262 e. The molecular formula is C15H18ClN3OS. The number of benzene rings is 1. The van der Waals surface area contributed by atoms with Crippen LogP contribution in [0.3, 0.4) is 0 Å². The highest BCUT2D eigenvalue weighted by Crippen LogP contribution is 2.17. The summed E-state index contributed by atoms with van der Waals surface area (Å²) in [5.41, 5.74) is 6.01. The Kier molecular flexibility index (Phi) is 6.02. The molecule has 0 radical (unpaired) electrons. The highest BCUT2D eigenvalue weighted by molar-refractivity contribution is 7.80. The quantitative estimate of drug-likeness (QED) is 0.455. The molecule has 1 aliphatic rings. The zero-order valence-electron chi connectivity index (χ0n) is 11.6. The van der Waals surface area contributed by atoms with E-state index in [-0.39, 0.29) is 5.91 Å². The van der Waals surface area contributed by atoms with Gasteiger partial charge in [0, 0.05) is 17.1 Å². The molecule has 112 valence electrons. The number of thiocarbonyl (C=S) groups is 1. The average Bonchev–Trinajstić information content (AvgIpc) is 2.97. The fraction of sp³-hybridized carbons (Fsp3) is 0.333. The molecule has 1 aromatic carbocycles. The van der Waals surface area contributed by atoms with Gasteiger partial charge in [-0.05, 0) is 42.8 Å². The number of amides is 1. The topological polar surface area (TPSA) is 53.2 Å². The lowest BCUT2D eigenvalue weighted by Crippen LogP contribution is -2.48. The number of hydrogen-bond acceptors (Lipinski definition) is 2. The second-order valence-electron chi connectivity index (χ2n) is 4.92. The summed E-state index contributed by atoms with van der Waals surface area (Å²) < 4.78 is 0. The molecule has 0 bridgehead atoms. The summed E-state index contributed by atoms with van der Waals surface area (Å²) in [5.74, 6) is -0.287. The highest BCUT2D eigenvalue weighted by Gasteiger charge is 2.15. The predicted octanol–water partition coefficient (Wildman–Crippen LogP) is 2.79. The van der Waals surface area contributed by atoms with Gasteiger partial charge in [-0.1, -0.05) is 42.6 Å². The summed E-state index contributed by atoms with van der Waals surface area (Å²) in [6, 6.07) is 7.74. The first-order valence-electron chi connectivity index (χ1n) is 6.94. The first-order valence-corrected chi connectivity index (χ1v) is 7.73. The van der Waals surface area contributed by atoms with Crippen molar-refractivity contribution in [3.8, 4) is 0 Å². The average molecular weight is 324 g/mol. The third-order valence-electron chi connectivity index (χ3n) is 3.31. The third-order valence-corrected chi connectivity index (χ3v) is 3.87. The molecule has 3 N–H and O–H groups in total. The van der Waals surface area contributed by atoms with Crippen LogP contribution in [0.1, 0.15) is 31.2 Å². The van der Waals surface area contributed by atoms with Gasteiger partial charge in [0.15, 0.2) is 5.11 Å². The zero-order chi connectivity index (χ0) is 15.1. The van der Waals surface area contributed by atoms with Crippen LogP contribution >= 0.6 is 23.8 Å². The number of nitrogens with one attached hydrogen (secondary N) is 3. The molecule has 1 fully saturated rings. The van der Waals surface area contributed by atoms with Crippen molar-refractivity contribution in [2.24, 2.45) is 0 Å². The van der Waals surface area contributed by atoms with E-state index in [0.29, 0.717) is 16.2 Å². The van der Waals surface area contributed by atoms with Gasteiger partial charge in [-0.15, -0.1) is 0 Å². The van der Waals surface area contributed by atoms with Crippen LogP contribution in [0.15, 0.2) is 30.3 Å². The second kappa shape index (κ2) is 8.00. The van der Waals surface area contributed by atoms with Crippen LogP contribution in [0.4, 0.5) is 0 Å². The normalized spacial score (nSPS) is 15.1. The number of hydrogen-bond donors (Lipinski definition) is 3. The SMILES string of the molecule is O=C(/C=C/c1ccccc1Cl)NNC(=S)NC1CCCC1. The minimum atomic E-state index is -0.287. The summed E-state index contributed by atoms with van der Waals surface area (Å²) in [5, 5.41) is 4.23. The van der Waals surface area contributed by atoms with Crippen LogP contribution in [-0.4, -0.2) is 17.1 Å². The highest BCUT2D eigenvalue weighted by atomic mass is 35.5. The molecule has 0 heterocycles. The molecule has 0 saturated heterocycles. The Morgan fingerprint density at radius 2 is 1.95 bits per heavy atom. The molecular weight excluding hydrogens is 306 g/mol. The number of halogens is 1. The van der Waals surface area contributed by atoms with E-state index < -0.39 is 0 Å². The number of carbonyl (C=O) groups excluding carboxylic acids is 1. The van der Waals surface area contributed by atoms with Crippen LogP contribution in [0.25, 0.3) is 6.08 Å². The fourth-order valence-corrected chi connectivity index (χ4v) is 2.64. The van der Waals surface area contributed by atoms with E-state index >= 15 is 0 Å². The van der Waals surface area contributed by atoms with Crippen LogP contribution in [0, 0.1) is 0 Å². The van der Waals surface area contributed by atoms with E-state index in [1.165, 1.54) is 18.9 Å². The van der Waals surface area contributed by atoms with Gasteiger partial charge in [0.2, 0.25) is 0 Å². The Balaban J connectivity index is 1.74. The summed E-state index contributed by atoms with van der Waals surface area (Å²) in [6.45, 7) is 0. The van der Waals surface area contributed by atoms with Crippen LogP contribution in [0.2, 0.25) is 5.02 Å². The molecule has 0 unspecified atom stereocenters. The Bertz CT molecular complexity index is 541. The summed E-state index contributed by atoms with van der Waals surface area (Å²) in [7, 11) is 0. The van der Waals surface area contributed by atoms with E-state index in [1.54, 1.807) is 12.1 Å². The van der Waals surface area contributed by atoms with Gasteiger partial charge in [-0.25, -0.2) is 0 Å². The number of hydrazine groups is 1. The molecule has 1 saturated carbocycles. The van der Waals surface area contributed by atoms with Gasteiger partial charge in [0.1, 0.15) is 0 Å². The lowest BCUT2D eigenvalue weighted by Gasteiger charge is -2.15. The van der Waals surface area contributed by atoms with Crippen LogP contribution < -0.4 is 16.2 Å². The minimum Gasteiger partial charge on any atom is -0.359 e. The number of rotatable bonds is 3. The van der Waals surface area contributed by atoms with Gasteiger partial charge in [0.25, 0.3) is 5.91 Å². The van der Waals surface area contributed by atoms with Gasteiger partial charge in [-0.2, -0.15) is 0 Å². The molecule has 1 aliphatic carbocycles. The summed E-state index contributed by atoms with van der Waals surface area (Å²) in [4.78, 5) is 11.7. The first kappa shape index (κ1) is 15.8. The second-order valence-corrected chi connectivity index (χ2v) is 5.74. The molecule has 2 rings (SSSR count). The van der Waals surface area contributed by atoms with Crippen molar-refractivity contribution in [2.45, 2.75) is 31.7 Å². The third kappa shape index (κ3) is 5.36. The van der Waals surface area contributed by atoms with E-state index in [0.717, 1.165) is 18.4 Å². The van der Waals surface area contributed by atoms with Crippen molar-refractivity contribution in [2.75, 3.05) is 0 Å². The molecule has 1 aromatic rings. The largest absolute Gasteiger partial charge is 0.359 e. The van der Waals surface area contributed by atoms with Gasteiger partial charge in [-0.3, -0.25) is 15.6 Å². The number of carbonyl (C=O) groups is 1. The molecule has 21 heavy (non-hydrogen) atoms. The Morgan fingerprint density at radius 1 is 1.24 bits per heavy atom. The molecule has 6 heteroatoms. The zero-order valence-corrected chi connectivity index (χ0v) is 13.1. The Morgan fingerprint density at radius 3 is 2.67 bits per heavy atom. The van der Waals surface area contributed by atoms with Crippen molar-refractivity contribution in [1.29, 1.82) is 0 Å². The van der Waals surface area contributed by atoms with Crippen LogP contribution in [-0.2, 0) is 4.79 Å². The molecule has 0 atom stereocenters. The minimum absolute atomic E-state index is 0.287. The molecule has 4 nitrogen and oxygen atoms in total. The first-order chi connectivity index (χ1) is 10.1. The predicted molar refractivity (Wildman–Crippen MR) is 89.8 cm³/mol. The maximum atomic E-state index is 11.7. The van der Waals surface area contributed by atoms with Crippen molar-refractivity contribution >= 4 is 40.9 Å². The maximum absolute atomic E-state index is 11.7. The van der Waals surface area contributed by atoms with Crippen molar-refractivity contribution < 1.29 is 4.79 Å². The van der Waals surface area contributed by atoms with Gasteiger partial charge >= 0.3 is 0 Å². The molecule has 0 aliphatic heterocycles. The molecule has 0 spiro atoms. The fourth-order valence-electron chi connectivity index (χ4n) is 2.23.